The number of allylic oxidation sites excluding steroid dienone is 4. The van der Waals surface area contributed by atoms with E-state index in [1.807, 2.05) is 24.3 Å². The highest BCUT2D eigenvalue weighted by Gasteiger charge is 2.28. The minimum absolute atomic E-state index is 0.159. The number of halogens is 1. The Kier molecular flexibility index (Phi) is 3.02. The smallest absolute Gasteiger partial charge is 0.200 e. The van der Waals surface area contributed by atoms with Crippen molar-refractivity contribution < 1.29 is 4.79 Å². The third kappa shape index (κ3) is 1.65. The molecule has 0 heterocycles. The molecule has 0 N–H and O–H groups in total. The van der Waals surface area contributed by atoms with Gasteiger partial charge in [0.25, 0.3) is 0 Å². The van der Waals surface area contributed by atoms with Crippen molar-refractivity contribution in [3.63, 3.8) is 0 Å². The number of hydrogen-bond donors (Lipinski definition) is 0. The van der Waals surface area contributed by atoms with Crippen LogP contribution in [-0.4, -0.2) is 5.78 Å². The summed E-state index contributed by atoms with van der Waals surface area (Å²) in [5.41, 5.74) is 5.50. The molecule has 1 nitrogen and oxygen atoms in total. The molecule has 0 spiro atoms. The Balaban J connectivity index is 2.72. The molecule has 0 aliphatic heterocycles. The lowest BCUT2D eigenvalue weighted by Crippen LogP contribution is -1.92. The van der Waals surface area contributed by atoms with Gasteiger partial charge in [-0.2, -0.15) is 0 Å². The SMILES string of the molecule is CC(C)=C(C)C1=C(I)C(=O)c2ccccc21. The Morgan fingerprint density at radius 3 is 2.19 bits per heavy atom. The van der Waals surface area contributed by atoms with Crippen molar-refractivity contribution in [3.8, 4) is 0 Å². The number of fused-ring (bicyclic) bond motifs is 1. The largest absolute Gasteiger partial charge is 0.288 e. The molecule has 2 rings (SSSR count). The van der Waals surface area contributed by atoms with E-state index in [1.165, 1.54) is 11.1 Å². The van der Waals surface area contributed by atoms with Crippen LogP contribution in [0.25, 0.3) is 5.57 Å². The number of carbonyl (C=O) groups excluding carboxylic acids is 1. The lowest BCUT2D eigenvalue weighted by atomic mass is 9.97. The van der Waals surface area contributed by atoms with E-state index in [0.29, 0.717) is 0 Å². The topological polar surface area (TPSA) is 17.1 Å². The van der Waals surface area contributed by atoms with Crippen LogP contribution in [0.4, 0.5) is 0 Å². The maximum atomic E-state index is 12.0. The van der Waals surface area contributed by atoms with E-state index >= 15 is 0 Å². The molecule has 1 aliphatic carbocycles. The number of rotatable bonds is 1. The molecule has 0 saturated heterocycles. The molecule has 0 unspecified atom stereocenters. The molecular weight excluding hydrogens is 311 g/mol. The number of benzene rings is 1. The van der Waals surface area contributed by atoms with Crippen molar-refractivity contribution >= 4 is 33.9 Å². The zero-order valence-electron chi connectivity index (χ0n) is 9.60. The van der Waals surface area contributed by atoms with Crippen molar-refractivity contribution in [2.75, 3.05) is 0 Å². The zero-order valence-corrected chi connectivity index (χ0v) is 11.8. The van der Waals surface area contributed by atoms with Crippen molar-refractivity contribution in [3.05, 3.63) is 50.1 Å². The van der Waals surface area contributed by atoms with Gasteiger partial charge in [0.15, 0.2) is 5.78 Å². The summed E-state index contributed by atoms with van der Waals surface area (Å²) in [7, 11) is 0. The molecular formula is C14H13IO. The minimum atomic E-state index is 0.159. The van der Waals surface area contributed by atoms with E-state index in [4.69, 9.17) is 0 Å². The summed E-state index contributed by atoms with van der Waals surface area (Å²) in [6, 6.07) is 7.84. The Morgan fingerprint density at radius 2 is 1.62 bits per heavy atom. The zero-order chi connectivity index (χ0) is 11.9. The van der Waals surface area contributed by atoms with E-state index in [0.717, 1.165) is 20.3 Å². The second kappa shape index (κ2) is 4.17. The first-order valence-corrected chi connectivity index (χ1v) is 6.30. The van der Waals surface area contributed by atoms with E-state index in [9.17, 15) is 4.79 Å². The Labute approximate surface area is 109 Å². The molecule has 0 bridgehead atoms. The number of hydrogen-bond acceptors (Lipinski definition) is 1. The lowest BCUT2D eigenvalue weighted by molar-refractivity contribution is 0.104. The predicted molar refractivity (Wildman–Crippen MR) is 75.8 cm³/mol. The highest BCUT2D eigenvalue weighted by atomic mass is 127. The van der Waals surface area contributed by atoms with Gasteiger partial charge in [-0.05, 0) is 54.5 Å². The number of ketones is 1. The van der Waals surface area contributed by atoms with Crippen LogP contribution in [0.1, 0.15) is 36.7 Å². The van der Waals surface area contributed by atoms with Gasteiger partial charge in [0.1, 0.15) is 0 Å². The molecule has 0 fully saturated rings. The average Bonchev–Trinajstić information content (AvgIpc) is 2.52. The summed E-state index contributed by atoms with van der Waals surface area (Å²) in [6.07, 6.45) is 0. The summed E-state index contributed by atoms with van der Waals surface area (Å²) in [5, 5.41) is 0. The summed E-state index contributed by atoms with van der Waals surface area (Å²) < 4.78 is 0.845. The van der Waals surface area contributed by atoms with E-state index in [-0.39, 0.29) is 5.78 Å². The van der Waals surface area contributed by atoms with Crippen LogP contribution in [0.3, 0.4) is 0 Å². The third-order valence-corrected chi connectivity index (χ3v) is 4.01. The number of Topliss-reactive ketones (excluding diaryl/α,β-unsaturated/α-hetero) is 1. The van der Waals surface area contributed by atoms with Crippen LogP contribution >= 0.6 is 22.6 Å². The van der Waals surface area contributed by atoms with Crippen molar-refractivity contribution in [1.82, 2.24) is 0 Å². The van der Waals surface area contributed by atoms with Crippen LogP contribution in [0, 0.1) is 0 Å². The molecule has 0 aromatic heterocycles. The fraction of sp³-hybridized carbons (Fsp3) is 0.214. The van der Waals surface area contributed by atoms with Gasteiger partial charge in [-0.1, -0.05) is 29.8 Å². The lowest BCUT2D eigenvalue weighted by Gasteiger charge is -2.07. The van der Waals surface area contributed by atoms with Crippen molar-refractivity contribution in [1.29, 1.82) is 0 Å². The van der Waals surface area contributed by atoms with Crippen LogP contribution in [-0.2, 0) is 0 Å². The van der Waals surface area contributed by atoms with E-state index in [2.05, 4.69) is 43.4 Å². The molecule has 0 amide bonds. The first kappa shape index (κ1) is 11.6. The fourth-order valence-corrected chi connectivity index (χ4v) is 2.85. The minimum Gasteiger partial charge on any atom is -0.288 e. The van der Waals surface area contributed by atoms with Gasteiger partial charge in [0.05, 0.1) is 3.58 Å². The van der Waals surface area contributed by atoms with E-state index in [1.54, 1.807) is 0 Å². The summed E-state index contributed by atoms with van der Waals surface area (Å²) >= 11 is 2.16. The Hall–Kier alpha value is -0.900. The van der Waals surface area contributed by atoms with Crippen molar-refractivity contribution in [2.24, 2.45) is 0 Å². The summed E-state index contributed by atoms with van der Waals surface area (Å²) in [5.74, 6) is 0.159. The molecule has 1 aromatic carbocycles. The second-order valence-corrected chi connectivity index (χ2v) is 5.27. The molecule has 2 heteroatoms. The summed E-state index contributed by atoms with van der Waals surface area (Å²) in [4.78, 5) is 12.0. The number of carbonyl (C=O) groups is 1. The summed E-state index contributed by atoms with van der Waals surface area (Å²) in [6.45, 7) is 6.24. The van der Waals surface area contributed by atoms with Crippen molar-refractivity contribution in [2.45, 2.75) is 20.8 Å². The van der Waals surface area contributed by atoms with Gasteiger partial charge >= 0.3 is 0 Å². The van der Waals surface area contributed by atoms with Gasteiger partial charge in [0, 0.05) is 11.1 Å². The van der Waals surface area contributed by atoms with Gasteiger partial charge < -0.3 is 0 Å². The first-order valence-electron chi connectivity index (χ1n) is 5.22. The van der Waals surface area contributed by atoms with Gasteiger partial charge in [0.2, 0.25) is 0 Å². The van der Waals surface area contributed by atoms with Crippen LogP contribution < -0.4 is 0 Å². The predicted octanol–water partition coefficient (Wildman–Crippen LogP) is 4.39. The molecule has 82 valence electrons. The molecule has 0 atom stereocenters. The van der Waals surface area contributed by atoms with Gasteiger partial charge in [-0.15, -0.1) is 0 Å². The van der Waals surface area contributed by atoms with Crippen LogP contribution in [0.2, 0.25) is 0 Å². The highest BCUT2D eigenvalue weighted by molar-refractivity contribution is 14.1. The maximum absolute atomic E-state index is 12.0. The second-order valence-electron chi connectivity index (χ2n) is 4.19. The maximum Gasteiger partial charge on any atom is 0.200 e. The quantitative estimate of drug-likeness (QED) is 0.701. The molecule has 0 radical (unpaired) electrons. The molecule has 16 heavy (non-hydrogen) atoms. The van der Waals surface area contributed by atoms with Crippen LogP contribution in [0.15, 0.2) is 39.0 Å². The van der Waals surface area contributed by atoms with E-state index < -0.39 is 0 Å². The molecule has 1 aromatic rings. The van der Waals surface area contributed by atoms with Gasteiger partial charge in [-0.25, -0.2) is 0 Å². The normalized spacial score (nSPS) is 14.1. The Morgan fingerprint density at radius 1 is 1.06 bits per heavy atom. The van der Waals surface area contributed by atoms with Gasteiger partial charge in [-0.3, -0.25) is 4.79 Å². The monoisotopic (exact) mass is 324 g/mol. The first-order chi connectivity index (χ1) is 7.54. The van der Waals surface area contributed by atoms with Crippen LogP contribution in [0.5, 0.6) is 0 Å². The average molecular weight is 324 g/mol. The Bertz CT molecular complexity index is 531. The fourth-order valence-electron chi connectivity index (χ4n) is 1.87. The molecule has 1 aliphatic rings. The molecule has 0 saturated carbocycles. The third-order valence-electron chi connectivity index (χ3n) is 2.98. The highest BCUT2D eigenvalue weighted by Crippen LogP contribution is 2.40. The standard InChI is InChI=1S/C14H13IO/c1-8(2)9(3)12-10-6-4-5-7-11(10)14(16)13(12)15/h4-7H,1-3H3.